The van der Waals surface area contributed by atoms with E-state index in [1.807, 2.05) is 24.3 Å². The molecule has 2 N–H and O–H groups in total. The average Bonchev–Trinajstić information content (AvgIpc) is 2.29. The number of amides is 2. The number of methoxy groups -OCH3 is 1. The SMILES string of the molecule is COc1cccc(N2CCNC(=O)N2)c1. The van der Waals surface area contributed by atoms with Crippen molar-refractivity contribution in [2.75, 3.05) is 25.2 Å². The Kier molecular flexibility index (Phi) is 2.62. The maximum Gasteiger partial charge on any atom is 0.333 e. The van der Waals surface area contributed by atoms with Gasteiger partial charge < -0.3 is 10.1 Å². The first-order valence-electron chi connectivity index (χ1n) is 4.75. The minimum absolute atomic E-state index is 0.177. The number of carbonyl (C=O) groups is 1. The number of ether oxygens (including phenoxy) is 1. The zero-order chi connectivity index (χ0) is 10.7. The van der Waals surface area contributed by atoms with Crippen molar-refractivity contribution in [2.45, 2.75) is 0 Å². The lowest BCUT2D eigenvalue weighted by molar-refractivity contribution is 0.236. The molecule has 80 valence electrons. The zero-order valence-corrected chi connectivity index (χ0v) is 8.49. The number of anilines is 1. The topological polar surface area (TPSA) is 53.6 Å². The first-order valence-corrected chi connectivity index (χ1v) is 4.75. The van der Waals surface area contributed by atoms with E-state index in [1.54, 1.807) is 12.1 Å². The molecule has 0 bridgehead atoms. The number of hydrazine groups is 1. The Bertz CT molecular complexity index is 367. The van der Waals surface area contributed by atoms with Crippen LogP contribution in [-0.2, 0) is 0 Å². The quantitative estimate of drug-likeness (QED) is 0.751. The van der Waals surface area contributed by atoms with E-state index in [0.717, 1.165) is 18.0 Å². The molecule has 1 aliphatic heterocycles. The first kappa shape index (κ1) is 9.64. The van der Waals surface area contributed by atoms with Crippen molar-refractivity contribution in [3.63, 3.8) is 0 Å². The number of hydrogen-bond acceptors (Lipinski definition) is 3. The number of urea groups is 1. The molecular formula is C10H13N3O2. The van der Waals surface area contributed by atoms with Gasteiger partial charge >= 0.3 is 6.03 Å². The fourth-order valence-electron chi connectivity index (χ4n) is 1.47. The highest BCUT2D eigenvalue weighted by Crippen LogP contribution is 2.19. The van der Waals surface area contributed by atoms with Gasteiger partial charge in [0.25, 0.3) is 0 Å². The molecule has 1 heterocycles. The van der Waals surface area contributed by atoms with E-state index in [1.165, 1.54) is 0 Å². The van der Waals surface area contributed by atoms with Gasteiger partial charge in [0.1, 0.15) is 5.75 Å². The van der Waals surface area contributed by atoms with Crippen LogP contribution in [0.1, 0.15) is 0 Å². The van der Waals surface area contributed by atoms with Crippen molar-refractivity contribution in [3.8, 4) is 5.75 Å². The van der Waals surface area contributed by atoms with E-state index < -0.39 is 0 Å². The maximum atomic E-state index is 11.1. The second-order valence-corrected chi connectivity index (χ2v) is 3.22. The van der Waals surface area contributed by atoms with Crippen molar-refractivity contribution >= 4 is 11.7 Å². The van der Waals surface area contributed by atoms with E-state index in [2.05, 4.69) is 10.7 Å². The third-order valence-electron chi connectivity index (χ3n) is 2.22. The Balaban J connectivity index is 2.17. The maximum absolute atomic E-state index is 11.1. The van der Waals surface area contributed by atoms with Gasteiger partial charge in [0.2, 0.25) is 0 Å². The van der Waals surface area contributed by atoms with E-state index in [-0.39, 0.29) is 6.03 Å². The summed E-state index contributed by atoms with van der Waals surface area (Å²) in [4.78, 5) is 11.1. The van der Waals surface area contributed by atoms with Crippen molar-refractivity contribution in [3.05, 3.63) is 24.3 Å². The highest BCUT2D eigenvalue weighted by molar-refractivity contribution is 5.77. The zero-order valence-electron chi connectivity index (χ0n) is 8.49. The molecule has 0 radical (unpaired) electrons. The number of carbonyl (C=O) groups excluding carboxylic acids is 1. The summed E-state index contributed by atoms with van der Waals surface area (Å²) in [6, 6.07) is 7.39. The molecule has 5 heteroatoms. The predicted octanol–water partition coefficient (Wildman–Crippen LogP) is 0.729. The lowest BCUT2D eigenvalue weighted by Crippen LogP contribution is -2.56. The van der Waals surface area contributed by atoms with E-state index in [4.69, 9.17) is 4.74 Å². The predicted molar refractivity (Wildman–Crippen MR) is 56.9 cm³/mol. The molecule has 0 spiro atoms. The summed E-state index contributed by atoms with van der Waals surface area (Å²) in [6.07, 6.45) is 0. The Hall–Kier alpha value is -1.91. The fraction of sp³-hybridized carbons (Fsp3) is 0.300. The molecule has 0 saturated carbocycles. The minimum atomic E-state index is -0.177. The molecule has 2 rings (SSSR count). The third kappa shape index (κ3) is 2.12. The van der Waals surface area contributed by atoms with Crippen molar-refractivity contribution in [1.29, 1.82) is 0 Å². The van der Waals surface area contributed by atoms with Crippen LogP contribution in [0.4, 0.5) is 10.5 Å². The van der Waals surface area contributed by atoms with Crippen LogP contribution in [0.15, 0.2) is 24.3 Å². The van der Waals surface area contributed by atoms with Crippen molar-refractivity contribution in [2.24, 2.45) is 0 Å². The summed E-state index contributed by atoms with van der Waals surface area (Å²) in [5.74, 6) is 0.778. The smallest absolute Gasteiger partial charge is 0.333 e. The third-order valence-corrected chi connectivity index (χ3v) is 2.22. The summed E-state index contributed by atoms with van der Waals surface area (Å²) >= 11 is 0. The van der Waals surface area contributed by atoms with Gasteiger partial charge in [-0.1, -0.05) is 6.07 Å². The largest absolute Gasteiger partial charge is 0.497 e. The first-order chi connectivity index (χ1) is 7.29. The van der Waals surface area contributed by atoms with Gasteiger partial charge in [-0.15, -0.1) is 0 Å². The Morgan fingerprint density at radius 2 is 2.33 bits per heavy atom. The molecule has 0 aliphatic carbocycles. The number of nitrogens with one attached hydrogen (secondary N) is 2. The normalized spacial score (nSPS) is 15.5. The van der Waals surface area contributed by atoms with Crippen LogP contribution in [-0.4, -0.2) is 26.2 Å². The lowest BCUT2D eigenvalue weighted by atomic mass is 10.3. The number of hydrogen-bond donors (Lipinski definition) is 2. The standard InChI is InChI=1S/C10H13N3O2/c1-15-9-4-2-3-8(7-9)13-6-5-11-10(14)12-13/h2-4,7H,5-6H2,1H3,(H2,11,12,14). The van der Waals surface area contributed by atoms with Crippen LogP contribution >= 0.6 is 0 Å². The molecule has 2 amide bonds. The molecule has 1 fully saturated rings. The fourth-order valence-corrected chi connectivity index (χ4v) is 1.47. The molecule has 1 saturated heterocycles. The van der Waals surface area contributed by atoms with Crippen LogP contribution in [0.3, 0.4) is 0 Å². The van der Waals surface area contributed by atoms with Crippen LogP contribution in [0.2, 0.25) is 0 Å². The van der Waals surface area contributed by atoms with Crippen molar-refractivity contribution < 1.29 is 9.53 Å². The molecule has 0 aromatic heterocycles. The monoisotopic (exact) mass is 207 g/mol. The van der Waals surface area contributed by atoms with Gasteiger partial charge in [-0.2, -0.15) is 0 Å². The van der Waals surface area contributed by atoms with Gasteiger partial charge in [0, 0.05) is 12.6 Å². The molecular weight excluding hydrogens is 194 g/mol. The molecule has 5 nitrogen and oxygen atoms in total. The molecule has 1 aromatic carbocycles. The number of nitrogens with zero attached hydrogens (tertiary/aromatic N) is 1. The number of rotatable bonds is 2. The second kappa shape index (κ2) is 4.08. The minimum Gasteiger partial charge on any atom is -0.497 e. The van der Waals surface area contributed by atoms with Crippen LogP contribution in [0, 0.1) is 0 Å². The molecule has 15 heavy (non-hydrogen) atoms. The molecule has 0 unspecified atom stereocenters. The lowest BCUT2D eigenvalue weighted by Gasteiger charge is -2.29. The Morgan fingerprint density at radius 1 is 1.47 bits per heavy atom. The van der Waals surface area contributed by atoms with Gasteiger partial charge in [0.15, 0.2) is 0 Å². The van der Waals surface area contributed by atoms with Gasteiger partial charge in [-0.05, 0) is 12.1 Å². The van der Waals surface area contributed by atoms with Gasteiger partial charge in [-0.25, -0.2) is 10.2 Å². The average molecular weight is 207 g/mol. The van der Waals surface area contributed by atoms with Gasteiger partial charge in [-0.3, -0.25) is 5.01 Å². The van der Waals surface area contributed by atoms with E-state index in [9.17, 15) is 4.79 Å². The Morgan fingerprint density at radius 3 is 3.07 bits per heavy atom. The van der Waals surface area contributed by atoms with Crippen LogP contribution < -0.4 is 20.5 Å². The van der Waals surface area contributed by atoms with E-state index in [0.29, 0.717) is 6.54 Å². The molecule has 1 aromatic rings. The van der Waals surface area contributed by atoms with Crippen LogP contribution in [0.5, 0.6) is 5.75 Å². The van der Waals surface area contributed by atoms with E-state index >= 15 is 0 Å². The highest BCUT2D eigenvalue weighted by Gasteiger charge is 2.15. The second-order valence-electron chi connectivity index (χ2n) is 3.22. The summed E-state index contributed by atoms with van der Waals surface area (Å²) < 4.78 is 5.12. The Labute approximate surface area is 88.0 Å². The molecule has 1 aliphatic rings. The van der Waals surface area contributed by atoms with Gasteiger partial charge in [0.05, 0.1) is 19.3 Å². The molecule has 0 atom stereocenters. The summed E-state index contributed by atoms with van der Waals surface area (Å²) in [5, 5.41) is 4.48. The van der Waals surface area contributed by atoms with Crippen molar-refractivity contribution in [1.82, 2.24) is 10.7 Å². The van der Waals surface area contributed by atoms with Crippen LogP contribution in [0.25, 0.3) is 0 Å². The summed E-state index contributed by atoms with van der Waals surface area (Å²) in [7, 11) is 1.62. The summed E-state index contributed by atoms with van der Waals surface area (Å²) in [6.45, 7) is 1.38. The highest BCUT2D eigenvalue weighted by atomic mass is 16.5. The summed E-state index contributed by atoms with van der Waals surface area (Å²) in [5.41, 5.74) is 3.63. The number of benzene rings is 1.